The summed E-state index contributed by atoms with van der Waals surface area (Å²) < 4.78 is 15.3. The summed E-state index contributed by atoms with van der Waals surface area (Å²) in [6.07, 6.45) is 0. The first-order valence-electron chi connectivity index (χ1n) is 4.54. The van der Waals surface area contributed by atoms with E-state index in [2.05, 4.69) is 10.3 Å². The average Bonchev–Trinajstić information content (AvgIpc) is 2.72. The number of nitrogens with zero attached hydrogens (tertiary/aromatic N) is 2. The number of benzene rings is 1. The second-order valence-electron chi connectivity index (χ2n) is 3.28. The fourth-order valence-electron chi connectivity index (χ4n) is 1.73. The van der Waals surface area contributed by atoms with Crippen LogP contribution >= 0.6 is 0 Å². The van der Waals surface area contributed by atoms with Crippen molar-refractivity contribution >= 4 is 11.0 Å². The van der Waals surface area contributed by atoms with Crippen LogP contribution in [-0.4, -0.2) is 24.5 Å². The molecule has 5 heteroatoms. The van der Waals surface area contributed by atoms with Gasteiger partial charge in [0, 0.05) is 11.1 Å². The summed E-state index contributed by atoms with van der Waals surface area (Å²) in [4.78, 5) is 0. The highest BCUT2D eigenvalue weighted by molar-refractivity contribution is 5.86. The molecule has 0 aliphatic rings. The fraction of sp³-hybridized carbons (Fsp3) is 0.400. The van der Waals surface area contributed by atoms with Crippen molar-refractivity contribution in [2.45, 2.75) is 13.8 Å². The highest BCUT2D eigenvalue weighted by Gasteiger charge is 2.19. The molecule has 0 amide bonds. The second-order valence-corrected chi connectivity index (χ2v) is 3.28. The molecule has 2 aromatic rings. The van der Waals surface area contributed by atoms with E-state index in [-0.39, 0.29) is 0 Å². The molecule has 0 unspecified atom stereocenters. The molecular weight excluding hydrogens is 196 g/mol. The van der Waals surface area contributed by atoms with Gasteiger partial charge in [-0.15, -0.1) is 0 Å². The number of rotatable bonds is 2. The highest BCUT2D eigenvalue weighted by Crippen LogP contribution is 2.39. The number of hydrogen-bond donors (Lipinski definition) is 0. The third-order valence-electron chi connectivity index (χ3n) is 2.49. The molecule has 0 aliphatic carbocycles. The maximum absolute atomic E-state index is 5.29. The third-order valence-corrected chi connectivity index (χ3v) is 2.49. The largest absolute Gasteiger partial charge is 0.492 e. The van der Waals surface area contributed by atoms with Gasteiger partial charge in [-0.05, 0) is 24.2 Å². The van der Waals surface area contributed by atoms with E-state index >= 15 is 0 Å². The van der Waals surface area contributed by atoms with E-state index in [9.17, 15) is 0 Å². The number of ether oxygens (including phenoxy) is 2. The van der Waals surface area contributed by atoms with Gasteiger partial charge in [-0.1, -0.05) is 0 Å². The van der Waals surface area contributed by atoms with Crippen LogP contribution in [0.15, 0.2) is 4.63 Å². The molecule has 0 atom stereocenters. The average molecular weight is 208 g/mol. The molecule has 5 nitrogen and oxygen atoms in total. The van der Waals surface area contributed by atoms with Crippen molar-refractivity contribution in [3.63, 3.8) is 0 Å². The van der Waals surface area contributed by atoms with E-state index in [0.29, 0.717) is 22.5 Å². The highest BCUT2D eigenvalue weighted by atomic mass is 16.6. The van der Waals surface area contributed by atoms with E-state index in [0.717, 1.165) is 11.1 Å². The van der Waals surface area contributed by atoms with Crippen molar-refractivity contribution in [2.75, 3.05) is 14.2 Å². The summed E-state index contributed by atoms with van der Waals surface area (Å²) in [6, 6.07) is 0. The summed E-state index contributed by atoms with van der Waals surface area (Å²) in [7, 11) is 3.20. The Kier molecular flexibility index (Phi) is 2.22. The Bertz CT molecular complexity index is 461. The lowest BCUT2D eigenvalue weighted by atomic mass is 10.1. The molecule has 1 heterocycles. The minimum atomic E-state index is 0.679. The molecule has 0 bridgehead atoms. The van der Waals surface area contributed by atoms with Gasteiger partial charge in [0.2, 0.25) is 0 Å². The SMILES string of the molecule is COc1c(OC)c(C)c2nonc2c1C. The quantitative estimate of drug-likeness (QED) is 0.753. The van der Waals surface area contributed by atoms with Crippen molar-refractivity contribution < 1.29 is 14.1 Å². The molecule has 0 fully saturated rings. The van der Waals surface area contributed by atoms with Gasteiger partial charge in [-0.25, -0.2) is 4.63 Å². The third kappa shape index (κ3) is 1.23. The van der Waals surface area contributed by atoms with Gasteiger partial charge in [-0.2, -0.15) is 0 Å². The smallest absolute Gasteiger partial charge is 0.166 e. The summed E-state index contributed by atoms with van der Waals surface area (Å²) in [6.45, 7) is 3.79. The van der Waals surface area contributed by atoms with Gasteiger partial charge in [0.15, 0.2) is 11.5 Å². The van der Waals surface area contributed by atoms with E-state index in [1.807, 2.05) is 13.8 Å². The van der Waals surface area contributed by atoms with Crippen molar-refractivity contribution in [3.05, 3.63) is 11.1 Å². The lowest BCUT2D eigenvalue weighted by Crippen LogP contribution is -1.97. The maximum Gasteiger partial charge on any atom is 0.166 e. The van der Waals surface area contributed by atoms with Crippen LogP contribution in [0.4, 0.5) is 0 Å². The van der Waals surface area contributed by atoms with Crippen molar-refractivity contribution in [3.8, 4) is 11.5 Å². The molecule has 0 aliphatic heterocycles. The first-order valence-corrected chi connectivity index (χ1v) is 4.54. The van der Waals surface area contributed by atoms with E-state index in [1.54, 1.807) is 14.2 Å². The molecule has 0 radical (unpaired) electrons. The van der Waals surface area contributed by atoms with E-state index in [4.69, 9.17) is 14.1 Å². The van der Waals surface area contributed by atoms with Gasteiger partial charge < -0.3 is 9.47 Å². The molecule has 0 saturated carbocycles. The van der Waals surface area contributed by atoms with Crippen LogP contribution < -0.4 is 9.47 Å². The Balaban J connectivity index is 2.90. The lowest BCUT2D eigenvalue weighted by molar-refractivity contribution is 0.315. The maximum atomic E-state index is 5.29. The van der Waals surface area contributed by atoms with Gasteiger partial charge >= 0.3 is 0 Å². The summed E-state index contributed by atoms with van der Waals surface area (Å²) in [5.74, 6) is 1.36. The molecular formula is C10H12N2O3. The predicted molar refractivity (Wildman–Crippen MR) is 54.4 cm³/mol. The zero-order valence-corrected chi connectivity index (χ0v) is 9.12. The zero-order chi connectivity index (χ0) is 11.0. The molecule has 0 N–H and O–H groups in total. The number of aryl methyl sites for hydroxylation is 2. The van der Waals surface area contributed by atoms with E-state index < -0.39 is 0 Å². The van der Waals surface area contributed by atoms with E-state index in [1.165, 1.54) is 0 Å². The fourth-order valence-corrected chi connectivity index (χ4v) is 1.73. The summed E-state index contributed by atoms with van der Waals surface area (Å²) >= 11 is 0. The minimum Gasteiger partial charge on any atom is -0.492 e. The monoisotopic (exact) mass is 208 g/mol. The zero-order valence-electron chi connectivity index (χ0n) is 9.12. The first-order chi connectivity index (χ1) is 7.20. The lowest BCUT2D eigenvalue weighted by Gasteiger charge is -2.12. The number of methoxy groups -OCH3 is 2. The van der Waals surface area contributed by atoms with Crippen molar-refractivity contribution in [1.29, 1.82) is 0 Å². The number of aromatic nitrogens is 2. The Hall–Kier alpha value is -1.78. The minimum absolute atomic E-state index is 0.679. The van der Waals surface area contributed by atoms with Crippen LogP contribution in [0.5, 0.6) is 11.5 Å². The molecule has 80 valence electrons. The molecule has 2 rings (SSSR count). The standard InChI is InChI=1S/C10H12N2O3/c1-5-7-8(12-15-11-7)6(2)10(14-4)9(5)13-3/h1-4H3. The topological polar surface area (TPSA) is 57.4 Å². The first kappa shape index (κ1) is 9.76. The molecule has 1 aromatic carbocycles. The van der Waals surface area contributed by atoms with Crippen LogP contribution in [0, 0.1) is 13.8 Å². The Morgan fingerprint density at radius 2 is 1.27 bits per heavy atom. The van der Waals surface area contributed by atoms with Crippen LogP contribution in [0.25, 0.3) is 11.0 Å². The van der Waals surface area contributed by atoms with Crippen LogP contribution in [-0.2, 0) is 0 Å². The predicted octanol–water partition coefficient (Wildman–Crippen LogP) is 1.86. The normalized spacial score (nSPS) is 10.7. The summed E-state index contributed by atoms with van der Waals surface area (Å²) in [5.41, 5.74) is 3.17. The molecule has 15 heavy (non-hydrogen) atoms. The number of fused-ring (bicyclic) bond motifs is 1. The number of hydrogen-bond acceptors (Lipinski definition) is 5. The summed E-state index contributed by atoms with van der Waals surface area (Å²) in [5, 5.41) is 7.68. The van der Waals surface area contributed by atoms with Crippen LogP contribution in [0.1, 0.15) is 11.1 Å². The Morgan fingerprint density at radius 1 is 0.867 bits per heavy atom. The van der Waals surface area contributed by atoms with Crippen LogP contribution in [0.3, 0.4) is 0 Å². The molecule has 1 aromatic heterocycles. The van der Waals surface area contributed by atoms with Crippen molar-refractivity contribution in [2.24, 2.45) is 0 Å². The van der Waals surface area contributed by atoms with Gasteiger partial charge in [0.1, 0.15) is 11.0 Å². The second kappa shape index (κ2) is 3.42. The van der Waals surface area contributed by atoms with Crippen molar-refractivity contribution in [1.82, 2.24) is 10.3 Å². The van der Waals surface area contributed by atoms with Gasteiger partial charge in [0.05, 0.1) is 14.2 Å². The molecule has 0 spiro atoms. The van der Waals surface area contributed by atoms with Gasteiger partial charge in [0.25, 0.3) is 0 Å². The van der Waals surface area contributed by atoms with Crippen LogP contribution in [0.2, 0.25) is 0 Å². The Labute approximate surface area is 86.9 Å². The molecule has 0 saturated heterocycles. The van der Waals surface area contributed by atoms with Gasteiger partial charge in [-0.3, -0.25) is 0 Å². The Morgan fingerprint density at radius 3 is 1.60 bits per heavy atom.